The standard InChI is InChI=1S/C22H24N2O4S/c1-14-8-9-17-15(2)20(18-7-5-6-16-10-11-23-19(16)18)24(21(17)22(14)27-3)12-13-28-29(4,25)26/h5-11,23H,12-13H2,1-4H3. The lowest BCUT2D eigenvalue weighted by molar-refractivity contribution is 0.306. The lowest BCUT2D eigenvalue weighted by Crippen LogP contribution is -2.12. The van der Waals surface area contributed by atoms with Crippen molar-refractivity contribution in [3.05, 3.63) is 53.7 Å². The van der Waals surface area contributed by atoms with Gasteiger partial charge >= 0.3 is 0 Å². The zero-order valence-corrected chi connectivity index (χ0v) is 17.8. The second-order valence-corrected chi connectivity index (χ2v) is 8.85. The van der Waals surface area contributed by atoms with Crippen molar-refractivity contribution in [2.45, 2.75) is 20.4 Å². The van der Waals surface area contributed by atoms with Gasteiger partial charge in [-0.25, -0.2) is 0 Å². The molecule has 0 bridgehead atoms. The zero-order valence-electron chi connectivity index (χ0n) is 16.9. The number of aryl methyl sites for hydroxylation is 2. The van der Waals surface area contributed by atoms with Crippen LogP contribution in [0.2, 0.25) is 0 Å². The van der Waals surface area contributed by atoms with E-state index in [9.17, 15) is 8.42 Å². The van der Waals surface area contributed by atoms with E-state index in [2.05, 4.69) is 34.7 Å². The Bertz CT molecular complexity index is 1320. The number of benzene rings is 2. The molecule has 4 aromatic rings. The van der Waals surface area contributed by atoms with Gasteiger partial charge < -0.3 is 14.3 Å². The van der Waals surface area contributed by atoms with Gasteiger partial charge in [-0.15, -0.1) is 0 Å². The van der Waals surface area contributed by atoms with Gasteiger partial charge in [0, 0.05) is 29.1 Å². The van der Waals surface area contributed by atoms with Crippen LogP contribution in [-0.2, 0) is 20.8 Å². The summed E-state index contributed by atoms with van der Waals surface area (Å²) in [5, 5.41) is 2.19. The summed E-state index contributed by atoms with van der Waals surface area (Å²) in [4.78, 5) is 3.33. The number of hydrogen-bond acceptors (Lipinski definition) is 4. The van der Waals surface area contributed by atoms with Gasteiger partial charge in [-0.1, -0.05) is 30.3 Å². The van der Waals surface area contributed by atoms with E-state index < -0.39 is 10.1 Å². The van der Waals surface area contributed by atoms with Crippen LogP contribution < -0.4 is 4.74 Å². The fraction of sp³-hybridized carbons (Fsp3) is 0.273. The SMILES string of the molecule is COc1c(C)ccc2c(C)c(-c3cccc4cc[nH]c34)n(CCOS(C)(=O)=O)c12. The van der Waals surface area contributed by atoms with Gasteiger partial charge in [-0.2, -0.15) is 8.42 Å². The predicted octanol–water partition coefficient (Wildman–Crippen LogP) is 4.39. The van der Waals surface area contributed by atoms with Crippen molar-refractivity contribution in [3.8, 4) is 17.0 Å². The van der Waals surface area contributed by atoms with E-state index in [1.165, 1.54) is 0 Å². The molecule has 0 aliphatic heterocycles. The Morgan fingerprint density at radius 2 is 1.90 bits per heavy atom. The first-order valence-corrected chi connectivity index (χ1v) is 11.2. The normalized spacial score (nSPS) is 12.1. The Hall–Kier alpha value is -2.77. The van der Waals surface area contributed by atoms with Gasteiger partial charge in [0.05, 0.1) is 36.7 Å². The van der Waals surface area contributed by atoms with E-state index in [4.69, 9.17) is 8.92 Å². The average Bonchev–Trinajstić information content (AvgIpc) is 3.24. The first-order valence-electron chi connectivity index (χ1n) is 9.39. The highest BCUT2D eigenvalue weighted by Crippen LogP contribution is 2.41. The molecule has 2 heterocycles. The van der Waals surface area contributed by atoms with E-state index >= 15 is 0 Å². The Kier molecular flexibility index (Phi) is 4.88. The molecule has 0 fully saturated rings. The molecule has 0 aliphatic rings. The summed E-state index contributed by atoms with van der Waals surface area (Å²) < 4.78 is 35.9. The summed E-state index contributed by atoms with van der Waals surface area (Å²) in [5.41, 5.74) is 6.20. The number of nitrogens with one attached hydrogen (secondary N) is 1. The molecule has 0 aliphatic carbocycles. The molecule has 0 atom stereocenters. The molecule has 2 aromatic carbocycles. The Morgan fingerprint density at radius 3 is 2.62 bits per heavy atom. The van der Waals surface area contributed by atoms with Crippen molar-refractivity contribution in [2.24, 2.45) is 0 Å². The maximum atomic E-state index is 11.5. The van der Waals surface area contributed by atoms with E-state index in [-0.39, 0.29) is 6.61 Å². The summed E-state index contributed by atoms with van der Waals surface area (Å²) >= 11 is 0. The zero-order chi connectivity index (χ0) is 20.8. The molecule has 6 nitrogen and oxygen atoms in total. The van der Waals surface area contributed by atoms with Crippen molar-refractivity contribution in [1.82, 2.24) is 9.55 Å². The average molecular weight is 413 g/mol. The number of hydrogen-bond donors (Lipinski definition) is 1. The first kappa shape index (κ1) is 19.5. The number of H-pyrrole nitrogens is 1. The fourth-order valence-electron chi connectivity index (χ4n) is 4.08. The van der Waals surface area contributed by atoms with Gasteiger partial charge in [0.1, 0.15) is 5.75 Å². The quantitative estimate of drug-likeness (QED) is 0.477. The van der Waals surface area contributed by atoms with Crippen LogP contribution in [0.3, 0.4) is 0 Å². The molecule has 29 heavy (non-hydrogen) atoms. The van der Waals surface area contributed by atoms with Crippen LogP contribution in [0.5, 0.6) is 5.75 Å². The van der Waals surface area contributed by atoms with Crippen molar-refractivity contribution < 1.29 is 17.3 Å². The Balaban J connectivity index is 2.01. The second kappa shape index (κ2) is 7.24. The smallest absolute Gasteiger partial charge is 0.264 e. The number of aromatic nitrogens is 2. The highest BCUT2D eigenvalue weighted by Gasteiger charge is 2.22. The third-order valence-electron chi connectivity index (χ3n) is 5.29. The maximum Gasteiger partial charge on any atom is 0.264 e. The molecular weight excluding hydrogens is 388 g/mol. The monoisotopic (exact) mass is 412 g/mol. The topological polar surface area (TPSA) is 73.3 Å². The molecular formula is C22H24N2O4S. The molecule has 0 radical (unpaired) electrons. The van der Waals surface area contributed by atoms with Crippen molar-refractivity contribution in [2.75, 3.05) is 20.0 Å². The van der Waals surface area contributed by atoms with Crippen molar-refractivity contribution in [3.63, 3.8) is 0 Å². The summed E-state index contributed by atoms with van der Waals surface area (Å²) in [6.45, 7) is 4.52. The van der Waals surface area contributed by atoms with Gasteiger partial charge in [0.15, 0.2) is 0 Å². The summed E-state index contributed by atoms with van der Waals surface area (Å²) in [5.74, 6) is 0.787. The van der Waals surface area contributed by atoms with E-state index in [1.54, 1.807) is 7.11 Å². The molecule has 0 unspecified atom stereocenters. The molecule has 0 amide bonds. The molecule has 4 rings (SSSR count). The number of fused-ring (bicyclic) bond motifs is 2. The fourth-order valence-corrected chi connectivity index (χ4v) is 4.45. The summed E-state index contributed by atoms with van der Waals surface area (Å²) in [6, 6.07) is 12.4. The van der Waals surface area contributed by atoms with Crippen molar-refractivity contribution in [1.29, 1.82) is 0 Å². The lowest BCUT2D eigenvalue weighted by atomic mass is 10.0. The molecule has 2 aromatic heterocycles. The largest absolute Gasteiger partial charge is 0.494 e. The van der Waals surface area contributed by atoms with E-state index in [0.717, 1.165) is 56.2 Å². The number of ether oxygens (including phenoxy) is 1. The summed E-state index contributed by atoms with van der Waals surface area (Å²) in [6.07, 6.45) is 2.99. The highest BCUT2D eigenvalue weighted by molar-refractivity contribution is 7.85. The minimum Gasteiger partial charge on any atom is -0.494 e. The minimum atomic E-state index is -3.52. The Labute approximate surface area is 170 Å². The lowest BCUT2D eigenvalue weighted by Gasteiger charge is -2.15. The maximum absolute atomic E-state index is 11.5. The molecule has 1 N–H and O–H groups in total. The number of rotatable bonds is 6. The van der Waals surface area contributed by atoms with Crippen LogP contribution in [0.25, 0.3) is 33.1 Å². The van der Waals surface area contributed by atoms with Crippen LogP contribution in [0.1, 0.15) is 11.1 Å². The van der Waals surface area contributed by atoms with E-state index in [0.29, 0.717) is 6.54 Å². The van der Waals surface area contributed by atoms with Crippen LogP contribution in [-0.4, -0.2) is 37.9 Å². The number of para-hydroxylation sites is 1. The molecule has 7 heteroatoms. The van der Waals surface area contributed by atoms with Crippen LogP contribution in [0.4, 0.5) is 0 Å². The van der Waals surface area contributed by atoms with Crippen molar-refractivity contribution >= 4 is 31.9 Å². The highest BCUT2D eigenvalue weighted by atomic mass is 32.2. The third-order valence-corrected chi connectivity index (χ3v) is 5.88. The van der Waals surface area contributed by atoms with Crippen LogP contribution >= 0.6 is 0 Å². The number of aromatic amines is 1. The van der Waals surface area contributed by atoms with E-state index in [1.807, 2.05) is 31.3 Å². The third kappa shape index (κ3) is 3.41. The van der Waals surface area contributed by atoms with Gasteiger partial charge in [-0.05, 0) is 31.0 Å². The molecule has 0 saturated carbocycles. The second-order valence-electron chi connectivity index (χ2n) is 7.21. The molecule has 152 valence electrons. The van der Waals surface area contributed by atoms with Gasteiger partial charge in [-0.3, -0.25) is 4.18 Å². The van der Waals surface area contributed by atoms with Gasteiger partial charge in [0.25, 0.3) is 10.1 Å². The molecule has 0 saturated heterocycles. The van der Waals surface area contributed by atoms with Crippen LogP contribution in [0, 0.1) is 13.8 Å². The van der Waals surface area contributed by atoms with Gasteiger partial charge in [0.2, 0.25) is 0 Å². The number of nitrogens with zero attached hydrogens (tertiary/aromatic N) is 1. The molecule has 0 spiro atoms. The first-order chi connectivity index (χ1) is 13.8. The number of methoxy groups -OCH3 is 1. The predicted molar refractivity (Wildman–Crippen MR) is 116 cm³/mol. The Morgan fingerprint density at radius 1 is 1.10 bits per heavy atom. The minimum absolute atomic E-state index is 0.0485. The van der Waals surface area contributed by atoms with Crippen LogP contribution in [0.15, 0.2) is 42.6 Å². The summed E-state index contributed by atoms with van der Waals surface area (Å²) in [7, 11) is -1.86.